The highest BCUT2D eigenvalue weighted by Gasteiger charge is 2.19. The number of fused-ring (bicyclic) bond motifs is 1. The van der Waals surface area contributed by atoms with Gasteiger partial charge in [0.25, 0.3) is 10.0 Å². The molecule has 3 aromatic carbocycles. The molecule has 0 spiro atoms. The Morgan fingerprint density at radius 1 is 0.833 bits per heavy atom. The molecule has 0 aliphatic carbocycles. The number of rotatable bonds is 5. The molecule has 4 rings (SSSR count). The molecule has 30 heavy (non-hydrogen) atoms. The third-order valence-corrected chi connectivity index (χ3v) is 6.42. The number of para-hydroxylation sites is 2. The summed E-state index contributed by atoms with van der Waals surface area (Å²) in [6.07, 6.45) is 0. The molecule has 1 heterocycles. The van der Waals surface area contributed by atoms with E-state index in [1.165, 1.54) is 0 Å². The van der Waals surface area contributed by atoms with Gasteiger partial charge in [-0.2, -0.15) is 0 Å². The first-order valence-corrected chi connectivity index (χ1v) is 11.5. The minimum atomic E-state index is -3.83. The molecule has 6 nitrogen and oxygen atoms in total. The quantitative estimate of drug-likeness (QED) is 0.389. The van der Waals surface area contributed by atoms with E-state index in [0.717, 1.165) is 21.3 Å². The van der Waals surface area contributed by atoms with Gasteiger partial charge in [0.1, 0.15) is 0 Å². The van der Waals surface area contributed by atoms with Crippen LogP contribution in [0.15, 0.2) is 76.1 Å². The van der Waals surface area contributed by atoms with Gasteiger partial charge in [-0.15, -0.1) is 0 Å². The van der Waals surface area contributed by atoms with Crippen LogP contribution in [0.25, 0.3) is 11.0 Å². The maximum Gasteiger partial charge on any atom is 0.263 e. The summed E-state index contributed by atoms with van der Waals surface area (Å²) in [5, 5.41) is 3.22. The molecule has 0 fully saturated rings. The second-order valence-corrected chi connectivity index (χ2v) is 9.51. The van der Waals surface area contributed by atoms with Crippen LogP contribution in [0, 0.1) is 13.8 Å². The van der Waals surface area contributed by atoms with Crippen molar-refractivity contribution >= 4 is 54.3 Å². The number of anilines is 3. The highest BCUT2D eigenvalue weighted by atomic mass is 79.9. The van der Waals surface area contributed by atoms with Gasteiger partial charge in [-0.05, 0) is 61.9 Å². The zero-order valence-corrected chi connectivity index (χ0v) is 18.8. The number of sulfonamides is 1. The van der Waals surface area contributed by atoms with Crippen molar-refractivity contribution in [2.75, 3.05) is 10.0 Å². The van der Waals surface area contributed by atoms with E-state index in [9.17, 15) is 8.42 Å². The first kappa shape index (κ1) is 20.3. The van der Waals surface area contributed by atoms with E-state index in [1.54, 1.807) is 30.3 Å². The number of nitrogens with zero attached hydrogens (tertiary/aromatic N) is 2. The Kier molecular flexibility index (Phi) is 5.44. The molecule has 8 heteroatoms. The maximum absolute atomic E-state index is 13.0. The van der Waals surface area contributed by atoms with Crippen LogP contribution in [-0.2, 0) is 10.0 Å². The fraction of sp³-hybridized carbons (Fsp3) is 0.0909. The van der Waals surface area contributed by atoms with E-state index < -0.39 is 10.0 Å². The monoisotopic (exact) mass is 482 g/mol. The normalized spacial score (nSPS) is 11.4. The zero-order chi connectivity index (χ0) is 21.3. The van der Waals surface area contributed by atoms with Crippen LogP contribution in [0.1, 0.15) is 11.1 Å². The number of benzene rings is 3. The summed E-state index contributed by atoms with van der Waals surface area (Å²) in [6, 6.07) is 19.7. The Morgan fingerprint density at radius 3 is 2.10 bits per heavy atom. The molecule has 0 bridgehead atoms. The van der Waals surface area contributed by atoms with Gasteiger partial charge in [0.2, 0.25) is 0 Å². The molecule has 0 atom stereocenters. The number of halogens is 1. The van der Waals surface area contributed by atoms with Crippen molar-refractivity contribution in [1.82, 2.24) is 9.97 Å². The van der Waals surface area contributed by atoms with Crippen molar-refractivity contribution in [2.45, 2.75) is 18.7 Å². The molecule has 1 aromatic heterocycles. The molecule has 2 N–H and O–H groups in total. The summed E-state index contributed by atoms with van der Waals surface area (Å²) in [5.74, 6) is 0.464. The summed E-state index contributed by atoms with van der Waals surface area (Å²) >= 11 is 3.45. The number of hydrogen-bond acceptors (Lipinski definition) is 5. The molecule has 4 aromatic rings. The molecular formula is C22H19BrN4O2S. The Balaban J connectivity index is 1.79. The predicted octanol–water partition coefficient (Wildman–Crippen LogP) is 5.55. The van der Waals surface area contributed by atoms with Crippen molar-refractivity contribution in [3.05, 3.63) is 82.3 Å². The van der Waals surface area contributed by atoms with Gasteiger partial charge in [0.15, 0.2) is 11.6 Å². The summed E-state index contributed by atoms with van der Waals surface area (Å²) < 4.78 is 29.5. The number of aromatic nitrogens is 2. The molecule has 0 unspecified atom stereocenters. The summed E-state index contributed by atoms with van der Waals surface area (Å²) in [7, 11) is -3.83. The van der Waals surface area contributed by atoms with Crippen LogP contribution in [0.3, 0.4) is 0 Å². The van der Waals surface area contributed by atoms with Crippen molar-refractivity contribution < 1.29 is 8.42 Å². The van der Waals surface area contributed by atoms with Crippen molar-refractivity contribution in [1.29, 1.82) is 0 Å². The van der Waals surface area contributed by atoms with Crippen LogP contribution in [0.5, 0.6) is 0 Å². The SMILES string of the molecule is Cc1ccc(S(=O)(=O)Nc2nc3ccccc3nc2Nc2ccc(Br)cc2C)cc1. The van der Waals surface area contributed by atoms with Gasteiger partial charge in [-0.3, -0.25) is 4.72 Å². The van der Waals surface area contributed by atoms with Gasteiger partial charge in [0.05, 0.1) is 15.9 Å². The fourth-order valence-electron chi connectivity index (χ4n) is 2.96. The molecule has 0 radical (unpaired) electrons. The minimum absolute atomic E-state index is 0.136. The topological polar surface area (TPSA) is 84.0 Å². The molecule has 0 aliphatic heterocycles. The number of nitrogens with one attached hydrogen (secondary N) is 2. The lowest BCUT2D eigenvalue weighted by atomic mass is 10.2. The van der Waals surface area contributed by atoms with E-state index in [2.05, 4.69) is 35.9 Å². The summed E-state index contributed by atoms with van der Waals surface area (Å²) in [6.45, 7) is 3.86. The van der Waals surface area contributed by atoms with Gasteiger partial charge < -0.3 is 5.32 Å². The van der Waals surface area contributed by atoms with E-state index in [1.807, 2.05) is 50.2 Å². The first-order chi connectivity index (χ1) is 14.3. The van der Waals surface area contributed by atoms with Crippen molar-refractivity contribution in [3.8, 4) is 0 Å². The third kappa shape index (κ3) is 4.29. The van der Waals surface area contributed by atoms with Crippen LogP contribution in [0.2, 0.25) is 0 Å². The van der Waals surface area contributed by atoms with Crippen LogP contribution in [0.4, 0.5) is 17.3 Å². The molecular weight excluding hydrogens is 464 g/mol. The van der Waals surface area contributed by atoms with E-state index in [4.69, 9.17) is 0 Å². The predicted molar refractivity (Wildman–Crippen MR) is 124 cm³/mol. The Hall–Kier alpha value is -2.97. The summed E-state index contributed by atoms with van der Waals surface area (Å²) in [4.78, 5) is 9.30. The smallest absolute Gasteiger partial charge is 0.263 e. The Labute approximate surface area is 183 Å². The van der Waals surface area contributed by atoms with Gasteiger partial charge in [0, 0.05) is 10.2 Å². The zero-order valence-electron chi connectivity index (χ0n) is 16.3. The highest BCUT2D eigenvalue weighted by molar-refractivity contribution is 9.10. The number of hydrogen-bond donors (Lipinski definition) is 2. The molecule has 0 aliphatic rings. The average molecular weight is 483 g/mol. The molecule has 0 amide bonds. The van der Waals surface area contributed by atoms with Crippen LogP contribution >= 0.6 is 15.9 Å². The Morgan fingerprint density at radius 2 is 1.47 bits per heavy atom. The highest BCUT2D eigenvalue weighted by Crippen LogP contribution is 2.29. The van der Waals surface area contributed by atoms with Gasteiger partial charge in [-0.1, -0.05) is 45.8 Å². The third-order valence-electron chi connectivity index (χ3n) is 4.57. The second-order valence-electron chi connectivity index (χ2n) is 6.91. The fourth-order valence-corrected chi connectivity index (χ4v) is 4.44. The first-order valence-electron chi connectivity index (χ1n) is 9.21. The van der Waals surface area contributed by atoms with Crippen LogP contribution < -0.4 is 10.0 Å². The second kappa shape index (κ2) is 8.04. The minimum Gasteiger partial charge on any atom is -0.337 e. The lowest BCUT2D eigenvalue weighted by molar-refractivity contribution is 0.601. The average Bonchev–Trinajstić information content (AvgIpc) is 2.70. The van der Waals surface area contributed by atoms with E-state index in [0.29, 0.717) is 16.9 Å². The maximum atomic E-state index is 13.0. The largest absolute Gasteiger partial charge is 0.337 e. The van der Waals surface area contributed by atoms with E-state index >= 15 is 0 Å². The Bertz CT molecular complexity index is 1340. The number of aryl methyl sites for hydroxylation is 2. The molecule has 0 saturated heterocycles. The molecule has 152 valence electrons. The van der Waals surface area contributed by atoms with E-state index in [-0.39, 0.29) is 10.7 Å². The van der Waals surface area contributed by atoms with Gasteiger partial charge >= 0.3 is 0 Å². The summed E-state index contributed by atoms with van der Waals surface area (Å²) in [5.41, 5.74) is 4.02. The lowest BCUT2D eigenvalue weighted by Gasteiger charge is -2.15. The van der Waals surface area contributed by atoms with Crippen molar-refractivity contribution in [3.63, 3.8) is 0 Å². The van der Waals surface area contributed by atoms with Gasteiger partial charge in [-0.25, -0.2) is 18.4 Å². The van der Waals surface area contributed by atoms with Crippen LogP contribution in [-0.4, -0.2) is 18.4 Å². The van der Waals surface area contributed by atoms with Crippen molar-refractivity contribution in [2.24, 2.45) is 0 Å². The molecule has 0 saturated carbocycles. The standard InChI is InChI=1S/C22H19BrN4O2S/c1-14-7-10-17(11-8-14)30(28,29)27-22-21(24-18-12-9-16(23)13-15(18)2)25-19-5-3-4-6-20(19)26-22/h3-13H,1-2H3,(H,24,25)(H,26,27). The lowest BCUT2D eigenvalue weighted by Crippen LogP contribution is -2.16.